The van der Waals surface area contributed by atoms with E-state index < -0.39 is 0 Å². The van der Waals surface area contributed by atoms with Gasteiger partial charge in [-0.05, 0) is 42.9 Å². The molecule has 0 amide bonds. The second kappa shape index (κ2) is 3.61. The minimum atomic E-state index is 0.00750. The molecule has 0 aliphatic heterocycles. The monoisotopic (exact) mass is 182 g/mol. The van der Waals surface area contributed by atoms with Gasteiger partial charge in [0.1, 0.15) is 0 Å². The molecular formula is C12H22O. The Morgan fingerprint density at radius 3 is 2.15 bits per heavy atom. The second-order valence-electron chi connectivity index (χ2n) is 5.39. The van der Waals surface area contributed by atoms with Crippen molar-refractivity contribution in [2.45, 2.75) is 52.1 Å². The van der Waals surface area contributed by atoms with E-state index in [1.165, 1.54) is 25.7 Å². The van der Waals surface area contributed by atoms with Crippen molar-refractivity contribution in [3.05, 3.63) is 0 Å². The molecule has 0 aromatic rings. The van der Waals surface area contributed by atoms with E-state index in [9.17, 15) is 5.11 Å². The van der Waals surface area contributed by atoms with Gasteiger partial charge in [0.15, 0.2) is 0 Å². The Hall–Kier alpha value is -0.0400. The Labute approximate surface area is 81.5 Å². The molecular weight excluding hydrogens is 160 g/mol. The van der Waals surface area contributed by atoms with Gasteiger partial charge in [0.05, 0.1) is 6.10 Å². The van der Waals surface area contributed by atoms with Crippen molar-refractivity contribution in [3.8, 4) is 0 Å². The predicted molar refractivity (Wildman–Crippen MR) is 54.4 cm³/mol. The van der Waals surface area contributed by atoms with Gasteiger partial charge in [-0.25, -0.2) is 0 Å². The molecule has 2 rings (SSSR count). The Kier molecular flexibility index (Phi) is 2.64. The lowest BCUT2D eigenvalue weighted by molar-refractivity contribution is 0.116. The molecule has 3 atom stereocenters. The van der Waals surface area contributed by atoms with E-state index in [1.54, 1.807) is 0 Å². The molecule has 0 spiro atoms. The number of aliphatic hydroxyl groups excluding tert-OH is 1. The highest BCUT2D eigenvalue weighted by molar-refractivity contribution is 5.02. The third-order valence-corrected chi connectivity index (χ3v) is 3.88. The van der Waals surface area contributed by atoms with E-state index in [2.05, 4.69) is 13.8 Å². The minimum Gasteiger partial charge on any atom is -0.393 e. The molecule has 2 fully saturated rings. The first-order valence-corrected chi connectivity index (χ1v) is 5.88. The predicted octanol–water partition coefficient (Wildman–Crippen LogP) is 2.83. The fourth-order valence-electron chi connectivity index (χ4n) is 3.26. The average molecular weight is 182 g/mol. The summed E-state index contributed by atoms with van der Waals surface area (Å²) < 4.78 is 0. The van der Waals surface area contributed by atoms with Gasteiger partial charge in [-0.1, -0.05) is 26.7 Å². The van der Waals surface area contributed by atoms with Crippen molar-refractivity contribution < 1.29 is 5.11 Å². The van der Waals surface area contributed by atoms with Crippen LogP contribution < -0.4 is 0 Å². The first kappa shape index (κ1) is 9.51. The molecule has 13 heavy (non-hydrogen) atoms. The molecule has 76 valence electrons. The van der Waals surface area contributed by atoms with Crippen LogP contribution in [-0.2, 0) is 0 Å². The minimum absolute atomic E-state index is 0.00750. The zero-order valence-electron chi connectivity index (χ0n) is 8.87. The smallest absolute Gasteiger partial charge is 0.0576 e. The largest absolute Gasteiger partial charge is 0.393 e. The van der Waals surface area contributed by atoms with Crippen molar-refractivity contribution in [1.29, 1.82) is 0 Å². The van der Waals surface area contributed by atoms with E-state index in [0.717, 1.165) is 18.3 Å². The number of fused-ring (bicyclic) bond motifs is 1. The van der Waals surface area contributed by atoms with Crippen LogP contribution in [0.25, 0.3) is 0 Å². The molecule has 0 heterocycles. The molecule has 2 aliphatic carbocycles. The van der Waals surface area contributed by atoms with Crippen LogP contribution in [0, 0.1) is 23.7 Å². The first-order valence-electron chi connectivity index (χ1n) is 5.88. The van der Waals surface area contributed by atoms with Crippen molar-refractivity contribution in [2.75, 3.05) is 0 Å². The van der Waals surface area contributed by atoms with Crippen molar-refractivity contribution in [2.24, 2.45) is 23.7 Å². The maximum Gasteiger partial charge on any atom is 0.0576 e. The SMILES string of the molecule is CC(C)CC(O)C1C2CCCCC21. The lowest BCUT2D eigenvalue weighted by atomic mass is 10.0. The highest BCUT2D eigenvalue weighted by Crippen LogP contribution is 2.57. The lowest BCUT2D eigenvalue weighted by Gasteiger charge is -2.12. The zero-order valence-corrected chi connectivity index (χ0v) is 8.87. The topological polar surface area (TPSA) is 20.2 Å². The summed E-state index contributed by atoms with van der Waals surface area (Å²) in [6.45, 7) is 4.41. The van der Waals surface area contributed by atoms with Crippen LogP contribution in [0.3, 0.4) is 0 Å². The Balaban J connectivity index is 1.82. The highest BCUT2D eigenvalue weighted by Gasteiger charge is 2.53. The molecule has 2 aliphatic rings. The Morgan fingerprint density at radius 2 is 1.69 bits per heavy atom. The van der Waals surface area contributed by atoms with Crippen LogP contribution in [0.2, 0.25) is 0 Å². The fraction of sp³-hybridized carbons (Fsp3) is 1.00. The standard InChI is InChI=1S/C12H22O/c1-8(2)7-11(13)12-9-5-3-4-6-10(9)12/h8-13H,3-7H2,1-2H3. The maximum atomic E-state index is 9.99. The third kappa shape index (κ3) is 1.90. The molecule has 0 aromatic heterocycles. The van der Waals surface area contributed by atoms with Gasteiger partial charge in [-0.3, -0.25) is 0 Å². The van der Waals surface area contributed by atoms with Gasteiger partial charge in [-0.15, -0.1) is 0 Å². The quantitative estimate of drug-likeness (QED) is 0.711. The molecule has 1 nitrogen and oxygen atoms in total. The Morgan fingerprint density at radius 1 is 1.15 bits per heavy atom. The molecule has 0 bridgehead atoms. The van der Waals surface area contributed by atoms with Crippen LogP contribution >= 0.6 is 0 Å². The van der Waals surface area contributed by atoms with E-state index in [0.29, 0.717) is 11.8 Å². The third-order valence-electron chi connectivity index (χ3n) is 3.88. The van der Waals surface area contributed by atoms with Gasteiger partial charge >= 0.3 is 0 Å². The van der Waals surface area contributed by atoms with E-state index in [-0.39, 0.29) is 6.10 Å². The molecule has 2 saturated carbocycles. The summed E-state index contributed by atoms with van der Waals surface area (Å²) in [7, 11) is 0. The molecule has 1 N–H and O–H groups in total. The van der Waals surface area contributed by atoms with Crippen LogP contribution in [0.4, 0.5) is 0 Å². The van der Waals surface area contributed by atoms with Crippen molar-refractivity contribution in [1.82, 2.24) is 0 Å². The van der Waals surface area contributed by atoms with Crippen LogP contribution in [0.1, 0.15) is 46.0 Å². The summed E-state index contributed by atoms with van der Waals surface area (Å²) in [6.07, 6.45) is 6.62. The van der Waals surface area contributed by atoms with Crippen molar-refractivity contribution >= 4 is 0 Å². The van der Waals surface area contributed by atoms with Gasteiger partial charge in [0.2, 0.25) is 0 Å². The number of hydrogen-bond acceptors (Lipinski definition) is 1. The van der Waals surface area contributed by atoms with E-state index in [4.69, 9.17) is 0 Å². The fourth-order valence-corrected chi connectivity index (χ4v) is 3.26. The van der Waals surface area contributed by atoms with Crippen LogP contribution in [-0.4, -0.2) is 11.2 Å². The van der Waals surface area contributed by atoms with Crippen molar-refractivity contribution in [3.63, 3.8) is 0 Å². The number of rotatable bonds is 3. The van der Waals surface area contributed by atoms with E-state index >= 15 is 0 Å². The van der Waals surface area contributed by atoms with Crippen LogP contribution in [0.5, 0.6) is 0 Å². The number of hydrogen-bond donors (Lipinski definition) is 1. The summed E-state index contributed by atoms with van der Waals surface area (Å²) in [4.78, 5) is 0. The van der Waals surface area contributed by atoms with Gasteiger partial charge in [0, 0.05) is 0 Å². The summed E-state index contributed by atoms with van der Waals surface area (Å²) in [5.41, 5.74) is 0. The van der Waals surface area contributed by atoms with Gasteiger partial charge in [-0.2, -0.15) is 0 Å². The molecule has 3 unspecified atom stereocenters. The van der Waals surface area contributed by atoms with Gasteiger partial charge < -0.3 is 5.11 Å². The molecule has 0 radical (unpaired) electrons. The highest BCUT2D eigenvalue weighted by atomic mass is 16.3. The molecule has 1 heteroatoms. The number of aliphatic hydroxyl groups is 1. The molecule has 0 aromatic carbocycles. The van der Waals surface area contributed by atoms with Gasteiger partial charge in [0.25, 0.3) is 0 Å². The average Bonchev–Trinajstić information content (AvgIpc) is 2.76. The normalized spacial score (nSPS) is 40.2. The molecule has 0 saturated heterocycles. The summed E-state index contributed by atoms with van der Waals surface area (Å²) in [5, 5.41) is 9.99. The van der Waals surface area contributed by atoms with E-state index in [1.807, 2.05) is 0 Å². The summed E-state index contributed by atoms with van der Waals surface area (Å²) >= 11 is 0. The maximum absolute atomic E-state index is 9.99. The van der Waals surface area contributed by atoms with Crippen LogP contribution in [0.15, 0.2) is 0 Å². The second-order valence-corrected chi connectivity index (χ2v) is 5.39. The summed E-state index contributed by atoms with van der Waals surface area (Å²) in [6, 6.07) is 0. The zero-order chi connectivity index (χ0) is 9.42. The summed E-state index contributed by atoms with van der Waals surface area (Å²) in [5.74, 6) is 3.15. The lowest BCUT2D eigenvalue weighted by Crippen LogP contribution is -2.14. The Bertz CT molecular complexity index is 164. The first-order chi connectivity index (χ1) is 6.20.